The second kappa shape index (κ2) is 3.27. The summed E-state index contributed by atoms with van der Waals surface area (Å²) in [7, 11) is 0. The van der Waals surface area contributed by atoms with Crippen LogP contribution in [0.15, 0.2) is 0 Å². The van der Waals surface area contributed by atoms with Crippen molar-refractivity contribution in [3.8, 4) is 0 Å². The van der Waals surface area contributed by atoms with Crippen LogP contribution >= 0.6 is 11.6 Å². The fourth-order valence-electron chi connectivity index (χ4n) is 0.329. The lowest BCUT2D eigenvalue weighted by Gasteiger charge is -2.22. The Labute approximate surface area is 67.3 Å². The number of halogens is 8. The van der Waals surface area contributed by atoms with Crippen LogP contribution in [0.4, 0.5) is 30.7 Å². The van der Waals surface area contributed by atoms with Gasteiger partial charge in [0.1, 0.15) is 0 Å². The summed E-state index contributed by atoms with van der Waals surface area (Å²) < 4.78 is 80.3. The van der Waals surface area contributed by atoms with Gasteiger partial charge in [0, 0.05) is 0 Å². The summed E-state index contributed by atoms with van der Waals surface area (Å²) in [5.74, 6) is -5.25. The van der Waals surface area contributed by atoms with Crippen LogP contribution in [-0.2, 0) is 0 Å². The van der Waals surface area contributed by atoms with Gasteiger partial charge in [-0.1, -0.05) is 0 Å². The molecule has 12 heavy (non-hydrogen) atoms. The highest BCUT2D eigenvalue weighted by Gasteiger charge is 2.60. The molecular weight excluding hydrogens is 216 g/mol. The summed E-state index contributed by atoms with van der Waals surface area (Å²) in [6.45, 7) is 0. The fourth-order valence-corrected chi connectivity index (χ4v) is 0.424. The molecule has 0 saturated carbocycles. The van der Waals surface area contributed by atoms with Gasteiger partial charge in [-0.05, 0) is 0 Å². The zero-order chi connectivity index (χ0) is 10.2. The van der Waals surface area contributed by atoms with Crippen molar-refractivity contribution < 1.29 is 30.7 Å². The first-order valence-electron chi connectivity index (χ1n) is 2.47. The summed E-state index contributed by atoms with van der Waals surface area (Å²) in [4.78, 5) is 0. The zero-order valence-corrected chi connectivity index (χ0v) is 5.93. The molecule has 0 aromatic carbocycles. The third-order valence-corrected chi connectivity index (χ3v) is 1.45. The molecule has 0 aliphatic heterocycles. The van der Waals surface area contributed by atoms with E-state index in [0.717, 1.165) is 0 Å². The van der Waals surface area contributed by atoms with Crippen molar-refractivity contribution in [1.29, 1.82) is 0 Å². The highest BCUT2D eigenvalue weighted by Crippen LogP contribution is 2.39. The van der Waals surface area contributed by atoms with E-state index in [-0.39, 0.29) is 0 Å². The van der Waals surface area contributed by atoms with Crippen LogP contribution in [0.5, 0.6) is 0 Å². The Kier molecular flexibility index (Phi) is 3.22. The Morgan fingerprint density at radius 3 is 1.33 bits per heavy atom. The van der Waals surface area contributed by atoms with Crippen molar-refractivity contribution in [2.24, 2.45) is 0 Å². The van der Waals surface area contributed by atoms with E-state index < -0.39 is 23.9 Å². The van der Waals surface area contributed by atoms with Crippen molar-refractivity contribution in [1.82, 2.24) is 0 Å². The Balaban J connectivity index is 4.57. The topological polar surface area (TPSA) is 0 Å². The molecule has 0 aliphatic carbocycles. The van der Waals surface area contributed by atoms with E-state index in [4.69, 9.17) is 0 Å². The molecule has 8 heteroatoms. The number of alkyl halides is 8. The molecule has 0 heterocycles. The molecule has 0 spiro atoms. The molecule has 1 unspecified atom stereocenters. The van der Waals surface area contributed by atoms with E-state index in [1.165, 1.54) is 0 Å². The van der Waals surface area contributed by atoms with Gasteiger partial charge < -0.3 is 0 Å². The first-order chi connectivity index (χ1) is 5.10. The van der Waals surface area contributed by atoms with E-state index in [0.29, 0.717) is 0 Å². The van der Waals surface area contributed by atoms with E-state index >= 15 is 0 Å². The molecule has 1 atom stereocenters. The van der Waals surface area contributed by atoms with Crippen molar-refractivity contribution in [3.63, 3.8) is 0 Å². The van der Waals surface area contributed by atoms with Crippen molar-refractivity contribution >= 4 is 11.6 Å². The molecule has 0 aromatic heterocycles. The van der Waals surface area contributed by atoms with Gasteiger partial charge in [0.25, 0.3) is 0 Å². The second-order valence-electron chi connectivity index (χ2n) is 1.88. The molecule has 74 valence electrons. The van der Waals surface area contributed by atoms with E-state index in [1.807, 2.05) is 0 Å². The molecule has 0 N–H and O–H groups in total. The van der Waals surface area contributed by atoms with E-state index in [9.17, 15) is 30.7 Å². The van der Waals surface area contributed by atoms with Crippen LogP contribution in [0.1, 0.15) is 0 Å². The standard InChI is InChI=1S/C4H2ClF7/c5-1(4(10,11)12)3(8,9)2(6)7/h1-2H. The molecular formula is C4H2ClF7. The van der Waals surface area contributed by atoms with Crippen molar-refractivity contribution in [2.45, 2.75) is 23.9 Å². The summed E-state index contributed by atoms with van der Waals surface area (Å²) in [5.41, 5.74) is 0. The van der Waals surface area contributed by atoms with Gasteiger partial charge in [-0.15, -0.1) is 11.6 Å². The average Bonchev–Trinajstić information content (AvgIpc) is 1.83. The largest absolute Gasteiger partial charge is 0.411 e. The Morgan fingerprint density at radius 2 is 1.25 bits per heavy atom. The summed E-state index contributed by atoms with van der Waals surface area (Å²) in [6, 6.07) is 0. The van der Waals surface area contributed by atoms with Gasteiger partial charge in [-0.25, -0.2) is 8.78 Å². The molecule has 0 fully saturated rings. The van der Waals surface area contributed by atoms with Gasteiger partial charge in [0.15, 0.2) is 5.38 Å². The number of rotatable bonds is 2. The Bertz CT molecular complexity index is 150. The van der Waals surface area contributed by atoms with Crippen LogP contribution in [-0.4, -0.2) is 23.9 Å². The monoisotopic (exact) mass is 218 g/mol. The third kappa shape index (κ3) is 2.40. The van der Waals surface area contributed by atoms with Gasteiger partial charge in [0.2, 0.25) is 0 Å². The third-order valence-electron chi connectivity index (χ3n) is 0.916. The molecule has 0 rings (SSSR count). The molecule has 0 nitrogen and oxygen atoms in total. The second-order valence-corrected chi connectivity index (χ2v) is 2.32. The van der Waals surface area contributed by atoms with Crippen LogP contribution in [0, 0.1) is 0 Å². The van der Waals surface area contributed by atoms with Crippen molar-refractivity contribution in [2.75, 3.05) is 0 Å². The lowest BCUT2D eigenvalue weighted by molar-refractivity contribution is -0.217. The van der Waals surface area contributed by atoms with Gasteiger partial charge in [-0.2, -0.15) is 22.0 Å². The lowest BCUT2D eigenvalue weighted by Crippen LogP contribution is -2.45. The lowest BCUT2D eigenvalue weighted by atomic mass is 10.2. The van der Waals surface area contributed by atoms with Gasteiger partial charge in [0.05, 0.1) is 0 Å². The minimum absolute atomic E-state index is 3.86. The normalized spacial score (nSPS) is 16.8. The number of hydrogen-bond acceptors (Lipinski definition) is 0. The maximum absolute atomic E-state index is 11.8. The Hall–Kier alpha value is -0.200. The van der Waals surface area contributed by atoms with Gasteiger partial charge >= 0.3 is 18.5 Å². The van der Waals surface area contributed by atoms with Crippen LogP contribution in [0.2, 0.25) is 0 Å². The Morgan fingerprint density at radius 1 is 0.917 bits per heavy atom. The minimum Gasteiger partial charge on any atom is -0.204 e. The van der Waals surface area contributed by atoms with Gasteiger partial charge in [-0.3, -0.25) is 0 Å². The smallest absolute Gasteiger partial charge is 0.204 e. The molecule has 0 aliphatic rings. The van der Waals surface area contributed by atoms with Crippen LogP contribution in [0.25, 0.3) is 0 Å². The maximum atomic E-state index is 11.8. The van der Waals surface area contributed by atoms with E-state index in [1.54, 1.807) is 0 Å². The maximum Gasteiger partial charge on any atom is 0.411 e. The SMILES string of the molecule is FC(F)C(F)(F)C(Cl)C(F)(F)F. The molecule has 0 aromatic rings. The predicted octanol–water partition coefficient (Wildman–Crippen LogP) is 3.06. The minimum atomic E-state index is -5.54. The highest BCUT2D eigenvalue weighted by atomic mass is 35.5. The molecule has 0 bridgehead atoms. The molecule has 0 amide bonds. The molecule has 0 saturated heterocycles. The number of hydrogen-bond donors (Lipinski definition) is 0. The van der Waals surface area contributed by atoms with Crippen LogP contribution in [0.3, 0.4) is 0 Å². The zero-order valence-electron chi connectivity index (χ0n) is 5.18. The highest BCUT2D eigenvalue weighted by molar-refractivity contribution is 6.21. The van der Waals surface area contributed by atoms with Crippen LogP contribution < -0.4 is 0 Å². The first kappa shape index (κ1) is 11.8. The summed E-state index contributed by atoms with van der Waals surface area (Å²) >= 11 is 4.09. The first-order valence-corrected chi connectivity index (χ1v) is 2.90. The van der Waals surface area contributed by atoms with Crippen molar-refractivity contribution in [3.05, 3.63) is 0 Å². The fraction of sp³-hybridized carbons (Fsp3) is 1.00. The predicted molar refractivity (Wildman–Crippen MR) is 26.6 cm³/mol. The summed E-state index contributed by atoms with van der Waals surface area (Å²) in [6.07, 6.45) is -9.97. The van der Waals surface area contributed by atoms with E-state index in [2.05, 4.69) is 11.6 Å². The average molecular weight is 218 g/mol. The summed E-state index contributed by atoms with van der Waals surface area (Å²) in [5, 5.41) is -3.86. The molecule has 0 radical (unpaired) electrons. The quantitative estimate of drug-likeness (QED) is 0.494.